The number of nitrogens with zero attached hydrogens (tertiary/aromatic N) is 1. The number of sulfonamides is 1. The molecule has 0 spiro atoms. The normalized spacial score (nSPS) is 11.6. The maximum absolute atomic E-state index is 12.4. The highest BCUT2D eigenvalue weighted by atomic mass is 32.2. The second kappa shape index (κ2) is 5.64. The molecule has 4 nitrogen and oxygen atoms in total. The van der Waals surface area contributed by atoms with Crippen molar-refractivity contribution in [3.8, 4) is 16.9 Å². The summed E-state index contributed by atoms with van der Waals surface area (Å²) in [6.07, 6.45) is 0. The summed E-state index contributed by atoms with van der Waals surface area (Å²) in [6, 6.07) is 14.3. The van der Waals surface area contributed by atoms with Crippen molar-refractivity contribution >= 4 is 10.0 Å². The van der Waals surface area contributed by atoms with E-state index in [-0.39, 0.29) is 0 Å². The van der Waals surface area contributed by atoms with E-state index in [9.17, 15) is 8.42 Å². The lowest BCUT2D eigenvalue weighted by molar-refractivity contribution is 0.415. The molecule has 0 heterocycles. The SMILES string of the molecule is COc1ccc(-c2ccccc2S(=O)(=O)N(C)C)cc1. The van der Waals surface area contributed by atoms with Crippen molar-refractivity contribution in [1.29, 1.82) is 0 Å². The average molecular weight is 291 g/mol. The van der Waals surface area contributed by atoms with E-state index in [0.717, 1.165) is 11.3 Å². The summed E-state index contributed by atoms with van der Waals surface area (Å²) >= 11 is 0. The molecule has 0 radical (unpaired) electrons. The van der Waals surface area contributed by atoms with Crippen molar-refractivity contribution in [2.75, 3.05) is 21.2 Å². The van der Waals surface area contributed by atoms with Crippen LogP contribution in [0.15, 0.2) is 53.4 Å². The zero-order valence-corrected chi connectivity index (χ0v) is 12.5. The van der Waals surface area contributed by atoms with Gasteiger partial charge in [0, 0.05) is 19.7 Å². The van der Waals surface area contributed by atoms with E-state index in [4.69, 9.17) is 4.74 Å². The topological polar surface area (TPSA) is 46.6 Å². The molecule has 0 aromatic heterocycles. The van der Waals surface area contributed by atoms with Gasteiger partial charge in [0.25, 0.3) is 0 Å². The summed E-state index contributed by atoms with van der Waals surface area (Å²) in [7, 11) is 1.18. The Morgan fingerprint density at radius 3 is 2.10 bits per heavy atom. The highest BCUT2D eigenvalue weighted by Gasteiger charge is 2.21. The molecule has 2 aromatic rings. The van der Waals surface area contributed by atoms with Crippen LogP contribution in [0.25, 0.3) is 11.1 Å². The van der Waals surface area contributed by atoms with E-state index < -0.39 is 10.0 Å². The first-order valence-electron chi connectivity index (χ1n) is 6.13. The van der Waals surface area contributed by atoms with Crippen LogP contribution in [-0.4, -0.2) is 33.9 Å². The number of hydrogen-bond donors (Lipinski definition) is 0. The molecule has 5 heteroatoms. The Morgan fingerprint density at radius 1 is 0.950 bits per heavy atom. The monoisotopic (exact) mass is 291 g/mol. The van der Waals surface area contributed by atoms with Crippen LogP contribution in [-0.2, 0) is 10.0 Å². The molecule has 0 aliphatic heterocycles. The molecule has 0 unspecified atom stereocenters. The van der Waals surface area contributed by atoms with Crippen LogP contribution in [0.2, 0.25) is 0 Å². The van der Waals surface area contributed by atoms with Gasteiger partial charge in [-0.3, -0.25) is 0 Å². The van der Waals surface area contributed by atoms with Gasteiger partial charge in [0.15, 0.2) is 0 Å². The molecule has 0 bridgehead atoms. The van der Waals surface area contributed by atoms with E-state index in [2.05, 4.69) is 0 Å². The van der Waals surface area contributed by atoms with Gasteiger partial charge >= 0.3 is 0 Å². The lowest BCUT2D eigenvalue weighted by Gasteiger charge is -2.15. The van der Waals surface area contributed by atoms with Crippen LogP contribution in [0.3, 0.4) is 0 Å². The Hall–Kier alpha value is -1.85. The summed E-state index contributed by atoms with van der Waals surface area (Å²) in [5, 5.41) is 0. The van der Waals surface area contributed by atoms with Gasteiger partial charge in [0.1, 0.15) is 5.75 Å². The van der Waals surface area contributed by atoms with Crippen LogP contribution < -0.4 is 4.74 Å². The van der Waals surface area contributed by atoms with E-state index in [0.29, 0.717) is 10.5 Å². The molecule has 0 fully saturated rings. The summed E-state index contributed by atoms with van der Waals surface area (Å²) < 4.78 is 31.0. The minimum Gasteiger partial charge on any atom is -0.497 e. The Labute approximate surface area is 119 Å². The van der Waals surface area contributed by atoms with E-state index in [1.54, 1.807) is 25.3 Å². The molecule has 20 heavy (non-hydrogen) atoms. The first-order chi connectivity index (χ1) is 9.46. The van der Waals surface area contributed by atoms with Gasteiger partial charge in [-0.15, -0.1) is 0 Å². The van der Waals surface area contributed by atoms with Gasteiger partial charge in [-0.05, 0) is 23.8 Å². The van der Waals surface area contributed by atoms with Crippen LogP contribution in [0.5, 0.6) is 5.75 Å². The largest absolute Gasteiger partial charge is 0.497 e. The minimum absolute atomic E-state index is 0.301. The van der Waals surface area contributed by atoms with Crippen molar-refractivity contribution < 1.29 is 13.2 Å². The quantitative estimate of drug-likeness (QED) is 0.870. The molecule has 0 saturated heterocycles. The van der Waals surface area contributed by atoms with Crippen molar-refractivity contribution in [1.82, 2.24) is 4.31 Å². The van der Waals surface area contributed by atoms with Crippen LogP contribution in [0.4, 0.5) is 0 Å². The maximum atomic E-state index is 12.4. The van der Waals surface area contributed by atoms with Crippen molar-refractivity contribution in [2.24, 2.45) is 0 Å². The molecular weight excluding hydrogens is 274 g/mol. The first-order valence-corrected chi connectivity index (χ1v) is 7.57. The smallest absolute Gasteiger partial charge is 0.243 e. The molecule has 0 amide bonds. The van der Waals surface area contributed by atoms with Gasteiger partial charge < -0.3 is 4.74 Å². The molecule has 0 N–H and O–H groups in total. The van der Waals surface area contributed by atoms with E-state index in [1.807, 2.05) is 30.3 Å². The van der Waals surface area contributed by atoms with Crippen molar-refractivity contribution in [2.45, 2.75) is 4.90 Å². The third kappa shape index (κ3) is 2.69. The third-order valence-electron chi connectivity index (χ3n) is 3.05. The fraction of sp³-hybridized carbons (Fsp3) is 0.200. The molecule has 0 aliphatic rings. The number of benzene rings is 2. The predicted octanol–water partition coefficient (Wildman–Crippen LogP) is 2.61. The van der Waals surface area contributed by atoms with E-state index in [1.165, 1.54) is 18.4 Å². The Kier molecular flexibility index (Phi) is 4.11. The van der Waals surface area contributed by atoms with Crippen LogP contribution >= 0.6 is 0 Å². The molecule has 0 atom stereocenters. The zero-order chi connectivity index (χ0) is 14.8. The Morgan fingerprint density at radius 2 is 1.55 bits per heavy atom. The standard InChI is InChI=1S/C15H17NO3S/c1-16(2)20(17,18)15-7-5-4-6-14(15)12-8-10-13(19-3)11-9-12/h4-11H,1-3H3. The van der Waals surface area contributed by atoms with Gasteiger partial charge in [-0.2, -0.15) is 0 Å². The molecule has 2 rings (SSSR count). The number of methoxy groups -OCH3 is 1. The van der Waals surface area contributed by atoms with E-state index >= 15 is 0 Å². The molecule has 0 aliphatic carbocycles. The van der Waals surface area contributed by atoms with Crippen molar-refractivity contribution in [3.63, 3.8) is 0 Å². The Bertz CT molecular complexity index is 691. The average Bonchev–Trinajstić information content (AvgIpc) is 2.47. The zero-order valence-electron chi connectivity index (χ0n) is 11.7. The maximum Gasteiger partial charge on any atom is 0.243 e. The summed E-state index contributed by atoms with van der Waals surface area (Å²) in [5.41, 5.74) is 1.52. The summed E-state index contributed by atoms with van der Waals surface area (Å²) in [6.45, 7) is 0. The summed E-state index contributed by atoms with van der Waals surface area (Å²) in [5.74, 6) is 0.738. The van der Waals surface area contributed by atoms with Gasteiger partial charge in [0.05, 0.1) is 12.0 Å². The number of ether oxygens (including phenoxy) is 1. The lowest BCUT2D eigenvalue weighted by Crippen LogP contribution is -2.22. The minimum atomic E-state index is -3.47. The van der Waals surface area contributed by atoms with Crippen LogP contribution in [0, 0.1) is 0 Å². The van der Waals surface area contributed by atoms with Crippen LogP contribution in [0.1, 0.15) is 0 Å². The molecule has 2 aromatic carbocycles. The predicted molar refractivity (Wildman–Crippen MR) is 79.3 cm³/mol. The summed E-state index contributed by atoms with van der Waals surface area (Å²) in [4.78, 5) is 0.301. The Balaban J connectivity index is 2.58. The fourth-order valence-corrected chi connectivity index (χ4v) is 3.01. The van der Waals surface area contributed by atoms with Gasteiger partial charge in [-0.25, -0.2) is 12.7 Å². The number of hydrogen-bond acceptors (Lipinski definition) is 3. The second-order valence-corrected chi connectivity index (χ2v) is 6.63. The number of rotatable bonds is 4. The molecule has 0 saturated carbocycles. The van der Waals surface area contributed by atoms with Gasteiger partial charge in [0.2, 0.25) is 10.0 Å². The first kappa shape index (κ1) is 14.6. The third-order valence-corrected chi connectivity index (χ3v) is 4.92. The van der Waals surface area contributed by atoms with Gasteiger partial charge in [-0.1, -0.05) is 30.3 Å². The lowest BCUT2D eigenvalue weighted by atomic mass is 10.1. The second-order valence-electron chi connectivity index (χ2n) is 4.51. The highest BCUT2D eigenvalue weighted by Crippen LogP contribution is 2.29. The van der Waals surface area contributed by atoms with Crippen molar-refractivity contribution in [3.05, 3.63) is 48.5 Å². The molecule has 106 valence electrons. The fourth-order valence-electron chi connectivity index (χ4n) is 1.90. The highest BCUT2D eigenvalue weighted by molar-refractivity contribution is 7.89. The molecular formula is C15H17NO3S.